The van der Waals surface area contributed by atoms with Crippen LogP contribution >= 0.6 is 11.8 Å². The molecule has 7 rings (SSSR count). The van der Waals surface area contributed by atoms with E-state index in [1.165, 1.54) is 36.2 Å². The minimum atomic E-state index is -1.13. The fourth-order valence-electron chi connectivity index (χ4n) is 6.32. The van der Waals surface area contributed by atoms with E-state index in [-0.39, 0.29) is 46.2 Å². The highest BCUT2D eigenvalue weighted by atomic mass is 32.2. The van der Waals surface area contributed by atoms with Crippen molar-refractivity contribution in [1.29, 1.82) is 0 Å². The maximum Gasteiger partial charge on any atom is 0.309 e. The highest BCUT2D eigenvalue weighted by Crippen LogP contribution is 2.55. The lowest BCUT2D eigenvalue weighted by atomic mass is 9.74. The summed E-state index contributed by atoms with van der Waals surface area (Å²) >= 11 is 1.22. The Hall–Kier alpha value is -4.38. The van der Waals surface area contributed by atoms with Crippen LogP contribution in [0.2, 0.25) is 0 Å². The summed E-state index contributed by atoms with van der Waals surface area (Å²) in [5.41, 5.74) is 2.23. The van der Waals surface area contributed by atoms with E-state index in [0.29, 0.717) is 42.0 Å². The number of ether oxygens (including phenoxy) is 3. The van der Waals surface area contributed by atoms with Crippen LogP contribution in [0.15, 0.2) is 59.8 Å². The van der Waals surface area contributed by atoms with Crippen LogP contribution in [0.4, 0.5) is 13.2 Å². The molecule has 45 heavy (non-hydrogen) atoms. The minimum absolute atomic E-state index is 0.0378. The number of hydrogen-bond donors (Lipinski definition) is 2. The Morgan fingerprint density at radius 1 is 1.16 bits per heavy atom. The topological polar surface area (TPSA) is 89.2 Å². The van der Waals surface area contributed by atoms with E-state index in [4.69, 9.17) is 19.2 Å². The molecule has 2 aromatic heterocycles. The van der Waals surface area contributed by atoms with Crippen molar-refractivity contribution in [1.82, 2.24) is 15.0 Å². The number of imidazole rings is 1. The molecule has 2 aliphatic rings. The highest BCUT2D eigenvalue weighted by molar-refractivity contribution is 7.99. The number of benzene rings is 3. The van der Waals surface area contributed by atoms with Crippen LogP contribution in [-0.4, -0.2) is 40.4 Å². The second-order valence-corrected chi connectivity index (χ2v) is 12.3. The standard InChI is InChI=1S/C34H30F3N3O4S/c1-4-42-33(41)21-15-20(21)18-6-5-7-23-29(18)43-13-11-34(23,2)25-16-39-32(40-25)22-14-17(8-9-24(22)35)44-30-27(37)26(36)28-19(10-12-38-28)31(30)45-3/h5-10,12,14,16,20-21,38H,4,11,13,15H2,1-3H3,(H,39,40)/t20-,21-,34-/m0/s1. The predicted octanol–water partition coefficient (Wildman–Crippen LogP) is 8.24. The largest absolute Gasteiger partial charge is 0.493 e. The monoisotopic (exact) mass is 633 g/mol. The summed E-state index contributed by atoms with van der Waals surface area (Å²) in [6, 6.07) is 11.6. The van der Waals surface area contributed by atoms with Crippen LogP contribution < -0.4 is 9.47 Å². The van der Waals surface area contributed by atoms with E-state index in [1.54, 1.807) is 25.4 Å². The van der Waals surface area contributed by atoms with Crippen LogP contribution in [0.1, 0.15) is 49.4 Å². The van der Waals surface area contributed by atoms with Gasteiger partial charge >= 0.3 is 5.97 Å². The molecule has 1 saturated carbocycles. The van der Waals surface area contributed by atoms with Gasteiger partial charge in [-0.05, 0) is 62.8 Å². The van der Waals surface area contributed by atoms with Gasteiger partial charge < -0.3 is 24.2 Å². The molecule has 11 heteroatoms. The summed E-state index contributed by atoms with van der Waals surface area (Å²) in [4.78, 5) is 23.4. The lowest BCUT2D eigenvalue weighted by molar-refractivity contribution is -0.144. The summed E-state index contributed by atoms with van der Waals surface area (Å²) < 4.78 is 62.4. The zero-order chi connectivity index (χ0) is 31.5. The van der Waals surface area contributed by atoms with Crippen molar-refractivity contribution in [2.24, 2.45) is 5.92 Å². The summed E-state index contributed by atoms with van der Waals surface area (Å²) in [6.45, 7) is 4.66. The van der Waals surface area contributed by atoms with Crippen molar-refractivity contribution in [3.8, 4) is 28.6 Å². The van der Waals surface area contributed by atoms with Gasteiger partial charge in [-0.15, -0.1) is 11.8 Å². The fourth-order valence-corrected chi connectivity index (χ4v) is 7.03. The number of carbonyl (C=O) groups is 1. The Kier molecular flexibility index (Phi) is 7.31. The van der Waals surface area contributed by atoms with Crippen molar-refractivity contribution < 1.29 is 32.2 Å². The van der Waals surface area contributed by atoms with Gasteiger partial charge in [-0.1, -0.05) is 18.2 Å². The Morgan fingerprint density at radius 2 is 2.00 bits per heavy atom. The van der Waals surface area contributed by atoms with E-state index in [2.05, 4.69) is 16.9 Å². The first-order valence-corrected chi connectivity index (χ1v) is 16.0. The number of halogens is 3. The van der Waals surface area contributed by atoms with Gasteiger partial charge in [-0.2, -0.15) is 4.39 Å². The van der Waals surface area contributed by atoms with Crippen LogP contribution in [-0.2, 0) is 14.9 Å². The van der Waals surface area contributed by atoms with Gasteiger partial charge in [0.25, 0.3) is 0 Å². The van der Waals surface area contributed by atoms with Crippen molar-refractivity contribution >= 4 is 28.6 Å². The molecule has 3 atom stereocenters. The number of rotatable bonds is 8. The molecule has 1 aliphatic carbocycles. The number of nitrogens with zero attached hydrogens (tertiary/aromatic N) is 1. The molecular formula is C34H30F3N3O4S. The third-order valence-corrected chi connectivity index (χ3v) is 9.65. The van der Waals surface area contributed by atoms with Crippen molar-refractivity contribution in [3.63, 3.8) is 0 Å². The zero-order valence-corrected chi connectivity index (χ0v) is 25.6. The number of para-hydroxylation sites is 1. The van der Waals surface area contributed by atoms with Crippen LogP contribution in [0.5, 0.6) is 17.2 Å². The molecule has 3 aromatic carbocycles. The first-order valence-electron chi connectivity index (χ1n) is 14.7. The first-order chi connectivity index (χ1) is 21.7. The van der Waals surface area contributed by atoms with E-state index < -0.39 is 22.9 Å². The number of thioether (sulfide) groups is 1. The molecule has 1 fully saturated rings. The Morgan fingerprint density at radius 3 is 2.80 bits per heavy atom. The number of aromatic nitrogens is 3. The smallest absolute Gasteiger partial charge is 0.309 e. The van der Waals surface area contributed by atoms with E-state index in [1.807, 2.05) is 18.2 Å². The molecule has 1 aliphatic heterocycles. The number of nitrogens with one attached hydrogen (secondary N) is 2. The number of aromatic amines is 2. The van der Waals surface area contributed by atoms with Crippen molar-refractivity contribution in [2.45, 2.75) is 42.9 Å². The highest BCUT2D eigenvalue weighted by Gasteiger charge is 2.48. The molecule has 0 saturated heterocycles. The van der Waals surface area contributed by atoms with Gasteiger partial charge in [-0.25, -0.2) is 13.8 Å². The summed E-state index contributed by atoms with van der Waals surface area (Å²) in [7, 11) is 0. The van der Waals surface area contributed by atoms with Gasteiger partial charge in [0.1, 0.15) is 23.1 Å². The second-order valence-electron chi connectivity index (χ2n) is 11.5. The molecule has 7 nitrogen and oxygen atoms in total. The summed E-state index contributed by atoms with van der Waals surface area (Å²) in [5, 5.41) is 0.487. The van der Waals surface area contributed by atoms with E-state index in [0.717, 1.165) is 16.9 Å². The zero-order valence-electron chi connectivity index (χ0n) is 24.8. The average Bonchev–Trinajstić information content (AvgIpc) is 3.40. The molecule has 5 aromatic rings. The normalized spacial score (nSPS) is 20.5. The quantitative estimate of drug-likeness (QED) is 0.132. The van der Waals surface area contributed by atoms with Crippen LogP contribution in [0, 0.1) is 23.4 Å². The van der Waals surface area contributed by atoms with Crippen molar-refractivity contribution in [2.75, 3.05) is 19.5 Å². The van der Waals surface area contributed by atoms with Gasteiger partial charge in [-0.3, -0.25) is 4.79 Å². The third-order valence-electron chi connectivity index (χ3n) is 8.84. The van der Waals surface area contributed by atoms with Gasteiger partial charge in [0.05, 0.1) is 40.8 Å². The van der Waals surface area contributed by atoms with Crippen molar-refractivity contribution in [3.05, 3.63) is 89.1 Å². The molecule has 0 spiro atoms. The van der Waals surface area contributed by atoms with Crippen LogP contribution in [0.25, 0.3) is 22.3 Å². The minimum Gasteiger partial charge on any atom is -0.493 e. The van der Waals surface area contributed by atoms with Gasteiger partial charge in [0.2, 0.25) is 5.82 Å². The Balaban J connectivity index is 1.21. The number of fused-ring (bicyclic) bond motifs is 2. The second kappa shape index (κ2) is 11.2. The lowest BCUT2D eigenvalue weighted by Crippen LogP contribution is -2.32. The molecule has 0 bridgehead atoms. The molecule has 0 radical (unpaired) electrons. The Bertz CT molecular complexity index is 1960. The molecule has 2 N–H and O–H groups in total. The molecule has 232 valence electrons. The molecular weight excluding hydrogens is 603 g/mol. The van der Waals surface area contributed by atoms with E-state index in [9.17, 15) is 9.18 Å². The first kappa shape index (κ1) is 29.3. The van der Waals surface area contributed by atoms with Gasteiger partial charge in [0.15, 0.2) is 11.6 Å². The van der Waals surface area contributed by atoms with Crippen LogP contribution in [0.3, 0.4) is 0 Å². The van der Waals surface area contributed by atoms with E-state index >= 15 is 8.78 Å². The summed E-state index contributed by atoms with van der Waals surface area (Å²) in [6.07, 6.45) is 6.38. The Labute approximate surface area is 261 Å². The number of esters is 1. The fraction of sp³-hybridized carbons (Fsp3) is 0.294. The summed E-state index contributed by atoms with van der Waals surface area (Å²) in [5.74, 6) is -2.19. The number of carbonyl (C=O) groups excluding carboxylic acids is 1. The number of hydrogen-bond acceptors (Lipinski definition) is 6. The average molecular weight is 634 g/mol. The molecule has 3 heterocycles. The maximum atomic E-state index is 15.2. The maximum absolute atomic E-state index is 15.2. The molecule has 0 amide bonds. The predicted molar refractivity (Wildman–Crippen MR) is 165 cm³/mol. The third kappa shape index (κ3) is 4.84. The SMILES string of the molecule is CCOC(=O)[C@H]1C[C@H]1c1cccc2c1OCC[C@]2(C)c1c[nH]c(-c2cc(Oc3c(F)c(F)c4[nH]ccc4c3SC)ccc2F)n1. The lowest BCUT2D eigenvalue weighted by Gasteiger charge is -2.35. The molecule has 0 unspecified atom stereocenters. The number of H-pyrrole nitrogens is 2. The van der Waals surface area contributed by atoms with Gasteiger partial charge in [0, 0.05) is 34.7 Å².